The Hall–Kier alpha value is -1.88. The molecule has 2 aliphatic rings. The third kappa shape index (κ3) is 3.61. The maximum Gasteiger partial charge on any atom is 0.228 e. The summed E-state index contributed by atoms with van der Waals surface area (Å²) in [6.45, 7) is 6.14. The van der Waals surface area contributed by atoms with Gasteiger partial charge in [-0.1, -0.05) is 19.1 Å². The van der Waals surface area contributed by atoms with Gasteiger partial charge in [0.1, 0.15) is 0 Å². The van der Waals surface area contributed by atoms with E-state index in [9.17, 15) is 9.59 Å². The highest BCUT2D eigenvalue weighted by Crippen LogP contribution is 2.27. The van der Waals surface area contributed by atoms with E-state index in [1.54, 1.807) is 4.90 Å². The van der Waals surface area contributed by atoms with E-state index in [2.05, 4.69) is 31.0 Å². The number of rotatable bonds is 3. The molecule has 0 aromatic heterocycles. The fourth-order valence-corrected chi connectivity index (χ4v) is 3.56. The van der Waals surface area contributed by atoms with E-state index in [-0.39, 0.29) is 17.7 Å². The van der Waals surface area contributed by atoms with E-state index >= 15 is 0 Å². The van der Waals surface area contributed by atoms with Crippen LogP contribution in [0.4, 0.5) is 5.69 Å². The zero-order valence-electron chi connectivity index (χ0n) is 14.7. The van der Waals surface area contributed by atoms with Crippen LogP contribution in [0.5, 0.6) is 0 Å². The summed E-state index contributed by atoms with van der Waals surface area (Å²) in [6.07, 6.45) is 2.32. The van der Waals surface area contributed by atoms with Crippen LogP contribution in [0.25, 0.3) is 0 Å². The number of nitrogens with zero attached hydrogens (tertiary/aromatic N) is 3. The second kappa shape index (κ2) is 7.34. The minimum Gasteiger partial charge on any atom is -0.341 e. The summed E-state index contributed by atoms with van der Waals surface area (Å²) < 4.78 is 0. The van der Waals surface area contributed by atoms with E-state index in [4.69, 9.17) is 0 Å². The number of likely N-dealkylation sites (N-methyl/N-ethyl adjacent to an activating group) is 1. The maximum atomic E-state index is 12.8. The van der Waals surface area contributed by atoms with Crippen molar-refractivity contribution in [1.29, 1.82) is 0 Å². The van der Waals surface area contributed by atoms with Crippen molar-refractivity contribution in [3.63, 3.8) is 0 Å². The topological polar surface area (TPSA) is 43.9 Å². The molecule has 5 heteroatoms. The highest BCUT2D eigenvalue weighted by molar-refractivity contribution is 6.00. The molecule has 0 radical (unpaired) electrons. The van der Waals surface area contributed by atoms with Crippen molar-refractivity contribution in [2.45, 2.75) is 26.2 Å². The largest absolute Gasteiger partial charge is 0.341 e. The predicted molar refractivity (Wildman–Crippen MR) is 95.0 cm³/mol. The van der Waals surface area contributed by atoms with Crippen LogP contribution in [0.2, 0.25) is 0 Å². The second-order valence-electron chi connectivity index (χ2n) is 6.91. The Morgan fingerprint density at radius 2 is 1.88 bits per heavy atom. The van der Waals surface area contributed by atoms with Crippen LogP contribution in [0.15, 0.2) is 24.3 Å². The highest BCUT2D eigenvalue weighted by atomic mass is 16.2. The lowest BCUT2D eigenvalue weighted by Gasteiger charge is -2.24. The first-order chi connectivity index (χ1) is 11.6. The first-order valence-electron chi connectivity index (χ1n) is 8.95. The fraction of sp³-hybridized carbons (Fsp3) is 0.579. The van der Waals surface area contributed by atoms with Gasteiger partial charge < -0.3 is 14.7 Å². The monoisotopic (exact) mass is 329 g/mol. The van der Waals surface area contributed by atoms with Crippen LogP contribution in [-0.2, 0) is 16.0 Å². The molecule has 2 fully saturated rings. The number of hydrogen-bond donors (Lipinski definition) is 0. The molecule has 5 nitrogen and oxygen atoms in total. The normalized spacial score (nSPS) is 22.8. The van der Waals surface area contributed by atoms with Gasteiger partial charge in [-0.15, -0.1) is 0 Å². The van der Waals surface area contributed by atoms with Crippen LogP contribution >= 0.6 is 0 Å². The van der Waals surface area contributed by atoms with Crippen molar-refractivity contribution in [2.75, 3.05) is 44.7 Å². The van der Waals surface area contributed by atoms with Gasteiger partial charge in [0.25, 0.3) is 0 Å². The summed E-state index contributed by atoms with van der Waals surface area (Å²) in [5.74, 6) is 0.00243. The Bertz CT molecular complexity index is 599. The summed E-state index contributed by atoms with van der Waals surface area (Å²) >= 11 is 0. The average molecular weight is 329 g/mol. The molecular formula is C19H27N3O2. The number of anilines is 1. The first-order valence-corrected chi connectivity index (χ1v) is 8.95. The second-order valence-corrected chi connectivity index (χ2v) is 6.91. The smallest absolute Gasteiger partial charge is 0.228 e. The molecule has 1 unspecified atom stereocenters. The zero-order valence-corrected chi connectivity index (χ0v) is 14.7. The molecule has 2 heterocycles. The van der Waals surface area contributed by atoms with Gasteiger partial charge in [-0.3, -0.25) is 9.59 Å². The predicted octanol–water partition coefficient (Wildman–Crippen LogP) is 1.77. The summed E-state index contributed by atoms with van der Waals surface area (Å²) in [5.41, 5.74) is 2.16. The van der Waals surface area contributed by atoms with Gasteiger partial charge in [-0.05, 0) is 44.1 Å². The quantitative estimate of drug-likeness (QED) is 0.849. The third-order valence-electron chi connectivity index (χ3n) is 5.16. The Morgan fingerprint density at radius 1 is 1.12 bits per heavy atom. The van der Waals surface area contributed by atoms with Gasteiger partial charge >= 0.3 is 0 Å². The number of aryl methyl sites for hydroxylation is 1. The van der Waals surface area contributed by atoms with Crippen molar-refractivity contribution < 1.29 is 9.59 Å². The fourth-order valence-electron chi connectivity index (χ4n) is 3.56. The Kier molecular flexibility index (Phi) is 5.19. The molecule has 0 spiro atoms. The number of amides is 2. The first kappa shape index (κ1) is 17.0. The standard InChI is InChI=1S/C19H27N3O2/c1-3-15-5-7-17(8-6-15)22-14-16(13-18(22)23)19(24)21-10-4-9-20(2)11-12-21/h5-8,16H,3-4,9-14H2,1-2H3. The number of hydrogen-bond acceptors (Lipinski definition) is 3. The van der Waals surface area contributed by atoms with Crippen molar-refractivity contribution in [2.24, 2.45) is 5.92 Å². The molecule has 0 bridgehead atoms. The summed E-state index contributed by atoms with van der Waals surface area (Å²) in [4.78, 5) is 31.2. The Balaban J connectivity index is 1.66. The minimum atomic E-state index is -0.202. The zero-order chi connectivity index (χ0) is 17.1. The number of benzene rings is 1. The van der Waals surface area contributed by atoms with Gasteiger partial charge in [0.05, 0.1) is 5.92 Å². The molecule has 0 aliphatic carbocycles. The summed E-state index contributed by atoms with van der Waals surface area (Å²) in [6, 6.07) is 8.10. The Morgan fingerprint density at radius 3 is 2.58 bits per heavy atom. The lowest BCUT2D eigenvalue weighted by molar-refractivity contribution is -0.135. The minimum absolute atomic E-state index is 0.0598. The summed E-state index contributed by atoms with van der Waals surface area (Å²) in [5, 5.41) is 0. The van der Waals surface area contributed by atoms with Crippen LogP contribution in [0.1, 0.15) is 25.3 Å². The molecule has 1 aromatic rings. The third-order valence-corrected chi connectivity index (χ3v) is 5.16. The maximum absolute atomic E-state index is 12.8. The molecule has 0 saturated carbocycles. The molecule has 130 valence electrons. The lowest BCUT2D eigenvalue weighted by atomic mass is 10.1. The van der Waals surface area contributed by atoms with Crippen LogP contribution in [-0.4, -0.2) is 61.4 Å². The molecule has 2 saturated heterocycles. The van der Waals surface area contributed by atoms with E-state index in [0.29, 0.717) is 13.0 Å². The van der Waals surface area contributed by atoms with Crippen LogP contribution in [0.3, 0.4) is 0 Å². The van der Waals surface area contributed by atoms with Gasteiger partial charge in [-0.25, -0.2) is 0 Å². The lowest BCUT2D eigenvalue weighted by Crippen LogP contribution is -2.39. The molecule has 0 N–H and O–H groups in total. The molecule has 2 amide bonds. The van der Waals surface area contributed by atoms with E-state index in [0.717, 1.165) is 44.7 Å². The van der Waals surface area contributed by atoms with E-state index < -0.39 is 0 Å². The molecule has 3 rings (SSSR count). The van der Waals surface area contributed by atoms with Gasteiger partial charge in [0.15, 0.2) is 0 Å². The molecule has 1 atom stereocenters. The van der Waals surface area contributed by atoms with Gasteiger partial charge in [-0.2, -0.15) is 0 Å². The number of carbonyl (C=O) groups is 2. The van der Waals surface area contributed by atoms with Crippen LogP contribution < -0.4 is 4.90 Å². The van der Waals surface area contributed by atoms with Crippen LogP contribution in [0, 0.1) is 5.92 Å². The molecular weight excluding hydrogens is 302 g/mol. The van der Waals surface area contributed by atoms with Gasteiger partial charge in [0.2, 0.25) is 11.8 Å². The molecule has 2 aliphatic heterocycles. The van der Waals surface area contributed by atoms with Crippen molar-refractivity contribution in [3.05, 3.63) is 29.8 Å². The Labute approximate surface area is 144 Å². The molecule has 1 aromatic carbocycles. The van der Waals surface area contributed by atoms with Gasteiger partial charge in [0, 0.05) is 38.3 Å². The number of carbonyl (C=O) groups excluding carboxylic acids is 2. The van der Waals surface area contributed by atoms with Crippen molar-refractivity contribution >= 4 is 17.5 Å². The van der Waals surface area contributed by atoms with Crippen molar-refractivity contribution in [1.82, 2.24) is 9.80 Å². The van der Waals surface area contributed by atoms with E-state index in [1.165, 1.54) is 5.56 Å². The average Bonchev–Trinajstić information content (AvgIpc) is 2.85. The van der Waals surface area contributed by atoms with Crippen molar-refractivity contribution in [3.8, 4) is 0 Å². The SMILES string of the molecule is CCc1ccc(N2CC(C(=O)N3CCCN(C)CC3)CC2=O)cc1. The van der Waals surface area contributed by atoms with E-state index in [1.807, 2.05) is 17.0 Å². The highest BCUT2D eigenvalue weighted by Gasteiger charge is 2.37. The molecule has 24 heavy (non-hydrogen) atoms. The summed E-state index contributed by atoms with van der Waals surface area (Å²) in [7, 11) is 2.09.